The van der Waals surface area contributed by atoms with Crippen LogP contribution < -0.4 is 9.64 Å². The molecular weight excluding hydrogens is 374 g/mol. The van der Waals surface area contributed by atoms with Gasteiger partial charge < -0.3 is 9.84 Å². The van der Waals surface area contributed by atoms with Crippen LogP contribution in [0, 0.1) is 0 Å². The molecule has 1 heterocycles. The molecule has 0 bridgehead atoms. The van der Waals surface area contributed by atoms with Crippen LogP contribution in [0.5, 0.6) is 5.75 Å². The number of aliphatic carboxylic acids is 1. The number of benzene rings is 2. The molecule has 1 unspecified atom stereocenters. The first-order chi connectivity index (χ1) is 13.5. The van der Waals surface area contributed by atoms with Crippen molar-refractivity contribution in [3.63, 3.8) is 0 Å². The monoisotopic (exact) mass is 399 g/mol. The van der Waals surface area contributed by atoms with E-state index >= 15 is 0 Å². The predicted molar refractivity (Wildman–Crippen MR) is 111 cm³/mol. The molecule has 1 aliphatic heterocycles. The van der Waals surface area contributed by atoms with Gasteiger partial charge in [-0.05, 0) is 61.1 Å². The molecule has 1 amide bonds. The largest absolute Gasteiger partial charge is 0.497 e. The number of anilines is 1. The molecular formula is C22H25NO4S. The van der Waals surface area contributed by atoms with Crippen LogP contribution in [0.15, 0.2) is 47.4 Å². The van der Waals surface area contributed by atoms with Crippen molar-refractivity contribution in [2.24, 2.45) is 0 Å². The Morgan fingerprint density at radius 2 is 1.89 bits per heavy atom. The van der Waals surface area contributed by atoms with Gasteiger partial charge in [-0.2, -0.15) is 0 Å². The maximum Gasteiger partial charge on any atom is 0.323 e. The van der Waals surface area contributed by atoms with E-state index in [0.717, 1.165) is 41.2 Å². The zero-order valence-corrected chi connectivity index (χ0v) is 17.0. The number of ether oxygens (including phenoxy) is 1. The lowest BCUT2D eigenvalue weighted by Gasteiger charge is -2.33. The van der Waals surface area contributed by atoms with Crippen molar-refractivity contribution < 1.29 is 19.4 Å². The summed E-state index contributed by atoms with van der Waals surface area (Å²) in [5, 5.41) is 9.03. The minimum Gasteiger partial charge on any atom is -0.497 e. The Balaban J connectivity index is 1.70. The number of rotatable bonds is 8. The molecule has 6 heteroatoms. The van der Waals surface area contributed by atoms with Crippen molar-refractivity contribution >= 4 is 29.3 Å². The van der Waals surface area contributed by atoms with Gasteiger partial charge in [0.05, 0.1) is 18.0 Å². The second-order valence-electron chi connectivity index (χ2n) is 6.82. The molecule has 1 aliphatic rings. The molecule has 28 heavy (non-hydrogen) atoms. The van der Waals surface area contributed by atoms with E-state index in [-0.39, 0.29) is 17.7 Å². The second-order valence-corrected chi connectivity index (χ2v) is 8.07. The lowest BCUT2D eigenvalue weighted by molar-refractivity contribution is -0.136. The molecule has 0 aromatic heterocycles. The molecule has 5 nitrogen and oxygen atoms in total. The number of carboxylic acid groups (broad SMARTS) is 1. The van der Waals surface area contributed by atoms with Crippen LogP contribution in [-0.2, 0) is 22.4 Å². The summed E-state index contributed by atoms with van der Waals surface area (Å²) in [4.78, 5) is 26.7. The highest BCUT2D eigenvalue weighted by Crippen LogP contribution is 2.41. The van der Waals surface area contributed by atoms with E-state index in [9.17, 15) is 14.7 Å². The number of nitrogens with zero attached hydrogens (tertiary/aromatic N) is 1. The lowest BCUT2D eigenvalue weighted by atomic mass is 10.1. The Kier molecular flexibility index (Phi) is 6.62. The van der Waals surface area contributed by atoms with Crippen molar-refractivity contribution in [1.29, 1.82) is 0 Å². The molecule has 0 radical (unpaired) electrons. The van der Waals surface area contributed by atoms with Crippen LogP contribution in [0.25, 0.3) is 0 Å². The molecule has 0 fully saturated rings. The van der Waals surface area contributed by atoms with Gasteiger partial charge in [0, 0.05) is 4.90 Å². The van der Waals surface area contributed by atoms with Crippen molar-refractivity contribution in [3.05, 3.63) is 53.6 Å². The Hall–Kier alpha value is -2.47. The highest BCUT2D eigenvalue weighted by molar-refractivity contribution is 8.01. The first kappa shape index (κ1) is 20.3. The quantitative estimate of drug-likeness (QED) is 0.722. The van der Waals surface area contributed by atoms with Crippen LogP contribution in [0.2, 0.25) is 0 Å². The number of fused-ring (bicyclic) bond motifs is 1. The SMILES string of the molecule is CCc1ccc2c(c1)N(CC(=O)O)C(=O)C(CCCc1ccc(OC)cc1)S2. The third-order valence-corrected chi connectivity index (χ3v) is 6.24. The van der Waals surface area contributed by atoms with Crippen molar-refractivity contribution in [2.45, 2.75) is 42.8 Å². The Morgan fingerprint density at radius 1 is 1.18 bits per heavy atom. The van der Waals surface area contributed by atoms with Gasteiger partial charge in [-0.1, -0.05) is 25.1 Å². The van der Waals surface area contributed by atoms with Crippen LogP contribution in [0.1, 0.15) is 30.9 Å². The average molecular weight is 400 g/mol. The fourth-order valence-corrected chi connectivity index (χ4v) is 4.61. The fourth-order valence-electron chi connectivity index (χ4n) is 3.35. The summed E-state index contributed by atoms with van der Waals surface area (Å²) < 4.78 is 5.17. The van der Waals surface area contributed by atoms with E-state index in [1.54, 1.807) is 18.9 Å². The summed E-state index contributed by atoms with van der Waals surface area (Å²) in [6.07, 6.45) is 3.28. The van der Waals surface area contributed by atoms with Gasteiger partial charge in [0.15, 0.2) is 0 Å². The molecule has 0 spiro atoms. The highest BCUT2D eigenvalue weighted by Gasteiger charge is 2.34. The molecule has 0 saturated heterocycles. The van der Waals surface area contributed by atoms with Gasteiger partial charge in [-0.3, -0.25) is 14.5 Å². The minimum atomic E-state index is -0.995. The number of thioether (sulfide) groups is 1. The normalized spacial score (nSPS) is 16.0. The van der Waals surface area contributed by atoms with E-state index in [1.807, 2.05) is 43.3 Å². The first-order valence-corrected chi connectivity index (χ1v) is 10.4. The predicted octanol–water partition coefficient (Wildman–Crippen LogP) is 4.17. The second kappa shape index (κ2) is 9.15. The van der Waals surface area contributed by atoms with Gasteiger partial charge in [0.25, 0.3) is 0 Å². The van der Waals surface area contributed by atoms with Gasteiger partial charge in [0.2, 0.25) is 5.91 Å². The summed E-state index contributed by atoms with van der Waals surface area (Å²) in [6.45, 7) is 1.75. The van der Waals surface area contributed by atoms with Crippen LogP contribution in [-0.4, -0.2) is 35.9 Å². The van der Waals surface area contributed by atoms with E-state index in [2.05, 4.69) is 6.07 Å². The molecule has 3 rings (SSSR count). The smallest absolute Gasteiger partial charge is 0.323 e. The molecule has 0 saturated carbocycles. The summed E-state index contributed by atoms with van der Waals surface area (Å²) in [5.41, 5.74) is 3.02. The highest BCUT2D eigenvalue weighted by atomic mass is 32.2. The zero-order valence-electron chi connectivity index (χ0n) is 16.2. The third-order valence-electron chi connectivity index (χ3n) is 4.92. The molecule has 1 atom stereocenters. The minimum absolute atomic E-state index is 0.108. The Morgan fingerprint density at radius 3 is 2.54 bits per heavy atom. The van der Waals surface area contributed by atoms with Crippen molar-refractivity contribution in [2.75, 3.05) is 18.6 Å². The third kappa shape index (κ3) is 4.68. The number of hydrogen-bond donors (Lipinski definition) is 1. The van der Waals surface area contributed by atoms with E-state index < -0.39 is 5.97 Å². The van der Waals surface area contributed by atoms with Crippen LogP contribution in [0.4, 0.5) is 5.69 Å². The van der Waals surface area contributed by atoms with E-state index in [0.29, 0.717) is 6.42 Å². The Labute approximate surface area is 169 Å². The molecule has 2 aromatic rings. The summed E-state index contributed by atoms with van der Waals surface area (Å²) in [5.74, 6) is -0.276. The number of methoxy groups -OCH3 is 1. The van der Waals surface area contributed by atoms with E-state index in [1.165, 1.54) is 10.5 Å². The molecule has 1 N–H and O–H groups in total. The van der Waals surface area contributed by atoms with Crippen molar-refractivity contribution in [3.8, 4) is 5.75 Å². The van der Waals surface area contributed by atoms with Crippen LogP contribution >= 0.6 is 11.8 Å². The number of carbonyl (C=O) groups excluding carboxylic acids is 1. The van der Waals surface area contributed by atoms with Gasteiger partial charge in [0.1, 0.15) is 12.3 Å². The molecule has 2 aromatic carbocycles. The Bertz CT molecular complexity index is 850. The topological polar surface area (TPSA) is 66.8 Å². The van der Waals surface area contributed by atoms with Crippen LogP contribution in [0.3, 0.4) is 0 Å². The summed E-state index contributed by atoms with van der Waals surface area (Å²) in [6, 6.07) is 13.9. The van der Waals surface area contributed by atoms with Gasteiger partial charge in [-0.25, -0.2) is 0 Å². The average Bonchev–Trinajstić information content (AvgIpc) is 2.70. The van der Waals surface area contributed by atoms with Gasteiger partial charge >= 0.3 is 5.97 Å². The maximum atomic E-state index is 13.0. The molecule has 0 aliphatic carbocycles. The number of carbonyl (C=O) groups is 2. The number of hydrogen-bond acceptors (Lipinski definition) is 4. The standard InChI is InChI=1S/C22H25NO4S/c1-3-15-9-12-19-18(13-15)23(14-21(24)25)22(26)20(28-19)6-4-5-16-7-10-17(27-2)11-8-16/h7-13,20H,3-6,14H2,1-2H3,(H,24,25). The summed E-state index contributed by atoms with van der Waals surface area (Å²) >= 11 is 1.55. The molecule has 148 valence electrons. The van der Waals surface area contributed by atoms with Gasteiger partial charge in [-0.15, -0.1) is 11.8 Å². The van der Waals surface area contributed by atoms with Crippen molar-refractivity contribution in [1.82, 2.24) is 0 Å². The zero-order chi connectivity index (χ0) is 20.1. The number of carboxylic acids is 1. The first-order valence-electron chi connectivity index (χ1n) is 9.47. The van der Waals surface area contributed by atoms with E-state index in [4.69, 9.17) is 4.74 Å². The number of aryl methyl sites for hydroxylation is 2. The lowest BCUT2D eigenvalue weighted by Crippen LogP contribution is -2.44. The fraction of sp³-hybridized carbons (Fsp3) is 0.364. The summed E-state index contributed by atoms with van der Waals surface area (Å²) in [7, 11) is 1.64. The maximum absolute atomic E-state index is 13.0. The number of amides is 1.